The Morgan fingerprint density at radius 2 is 1.92 bits per heavy atom. The van der Waals surface area contributed by atoms with Gasteiger partial charge in [0.2, 0.25) is 17.6 Å². The van der Waals surface area contributed by atoms with E-state index in [4.69, 9.17) is 16.1 Å². The van der Waals surface area contributed by atoms with Crippen LogP contribution in [-0.2, 0) is 11.2 Å². The number of hydrogen-bond donors (Lipinski definition) is 1. The molecular formula is C17H13ClIN3O2. The van der Waals surface area contributed by atoms with Crippen molar-refractivity contribution in [2.75, 3.05) is 5.32 Å². The van der Waals surface area contributed by atoms with E-state index in [2.05, 4.69) is 38.0 Å². The van der Waals surface area contributed by atoms with Gasteiger partial charge in [-0.3, -0.25) is 4.79 Å². The number of aromatic nitrogens is 2. The first-order valence-corrected chi connectivity index (χ1v) is 8.70. The van der Waals surface area contributed by atoms with Gasteiger partial charge >= 0.3 is 0 Å². The van der Waals surface area contributed by atoms with Gasteiger partial charge in [0.25, 0.3) is 0 Å². The van der Waals surface area contributed by atoms with E-state index in [9.17, 15) is 4.79 Å². The number of halogens is 2. The van der Waals surface area contributed by atoms with Crippen molar-refractivity contribution < 1.29 is 9.32 Å². The van der Waals surface area contributed by atoms with Crippen LogP contribution < -0.4 is 5.32 Å². The summed E-state index contributed by atoms with van der Waals surface area (Å²) in [4.78, 5) is 16.3. The van der Waals surface area contributed by atoms with Crippen molar-refractivity contribution in [1.29, 1.82) is 0 Å². The molecule has 0 unspecified atom stereocenters. The van der Waals surface area contributed by atoms with Crippen molar-refractivity contribution in [3.05, 3.63) is 63.0 Å². The number of rotatable bonds is 5. The minimum absolute atomic E-state index is 0.155. The zero-order valence-electron chi connectivity index (χ0n) is 12.5. The van der Waals surface area contributed by atoms with Crippen molar-refractivity contribution >= 4 is 45.8 Å². The predicted molar refractivity (Wildman–Crippen MR) is 101 cm³/mol. The fourth-order valence-electron chi connectivity index (χ4n) is 2.07. The number of aryl methyl sites for hydroxylation is 1. The first-order valence-electron chi connectivity index (χ1n) is 7.25. The number of benzene rings is 2. The number of anilines is 1. The average molecular weight is 454 g/mol. The average Bonchev–Trinajstić information content (AvgIpc) is 3.05. The minimum atomic E-state index is -0.155. The smallest absolute Gasteiger partial charge is 0.227 e. The van der Waals surface area contributed by atoms with Crippen LogP contribution in [0.5, 0.6) is 0 Å². The molecule has 1 aromatic heterocycles. The molecule has 3 aromatic rings. The van der Waals surface area contributed by atoms with E-state index in [0.29, 0.717) is 28.8 Å². The van der Waals surface area contributed by atoms with Crippen LogP contribution in [0.3, 0.4) is 0 Å². The molecule has 122 valence electrons. The molecule has 7 heteroatoms. The Morgan fingerprint density at radius 3 is 2.67 bits per heavy atom. The highest BCUT2D eigenvalue weighted by Gasteiger charge is 2.11. The van der Waals surface area contributed by atoms with Crippen molar-refractivity contribution in [2.45, 2.75) is 12.8 Å². The number of carbonyl (C=O) groups excluding carboxylic acids is 1. The Hall–Kier alpha value is -1.93. The molecule has 0 aliphatic rings. The molecular weight excluding hydrogens is 441 g/mol. The predicted octanol–water partition coefficient (Wildman–Crippen LogP) is 4.57. The third-order valence-corrected chi connectivity index (χ3v) is 4.33. The van der Waals surface area contributed by atoms with Crippen LogP contribution in [0.4, 0.5) is 5.69 Å². The van der Waals surface area contributed by atoms with E-state index >= 15 is 0 Å². The second kappa shape index (κ2) is 7.76. The summed E-state index contributed by atoms with van der Waals surface area (Å²) in [5, 5.41) is 7.22. The molecule has 1 heterocycles. The summed E-state index contributed by atoms with van der Waals surface area (Å²) in [7, 11) is 0. The molecule has 0 aliphatic heterocycles. The zero-order valence-corrected chi connectivity index (χ0v) is 15.4. The van der Waals surface area contributed by atoms with Crippen LogP contribution in [0.15, 0.2) is 53.1 Å². The van der Waals surface area contributed by atoms with Gasteiger partial charge in [-0.25, -0.2) is 0 Å². The van der Waals surface area contributed by atoms with Crippen LogP contribution in [-0.4, -0.2) is 16.0 Å². The molecule has 0 bridgehead atoms. The van der Waals surface area contributed by atoms with Gasteiger partial charge in [-0.1, -0.05) is 41.0 Å². The molecule has 0 aliphatic carbocycles. The standard InChI is InChI=1S/C17H13ClIN3O2/c18-13-3-1-2-4-14(13)20-15(23)9-10-16-21-17(22-24-16)11-5-7-12(19)8-6-11/h1-8H,9-10H2,(H,20,23). The number of carbonyl (C=O) groups is 1. The molecule has 0 saturated carbocycles. The van der Waals surface area contributed by atoms with E-state index in [-0.39, 0.29) is 12.3 Å². The molecule has 5 nitrogen and oxygen atoms in total. The monoisotopic (exact) mass is 453 g/mol. The highest BCUT2D eigenvalue weighted by atomic mass is 127. The highest BCUT2D eigenvalue weighted by molar-refractivity contribution is 14.1. The molecule has 1 amide bonds. The van der Waals surface area contributed by atoms with E-state index in [0.717, 1.165) is 9.13 Å². The first-order chi connectivity index (χ1) is 11.6. The maximum atomic E-state index is 12.0. The van der Waals surface area contributed by atoms with Gasteiger partial charge in [-0.15, -0.1) is 0 Å². The summed E-state index contributed by atoms with van der Waals surface area (Å²) >= 11 is 8.25. The van der Waals surface area contributed by atoms with Gasteiger partial charge in [-0.2, -0.15) is 4.98 Å². The molecule has 0 atom stereocenters. The molecule has 1 N–H and O–H groups in total. The van der Waals surface area contributed by atoms with Gasteiger partial charge < -0.3 is 9.84 Å². The summed E-state index contributed by atoms with van der Waals surface area (Å²) in [6.07, 6.45) is 0.604. The number of hydrogen-bond acceptors (Lipinski definition) is 4. The van der Waals surface area contributed by atoms with Crippen molar-refractivity contribution in [2.24, 2.45) is 0 Å². The molecule has 24 heavy (non-hydrogen) atoms. The SMILES string of the molecule is O=C(CCc1nc(-c2ccc(I)cc2)no1)Nc1ccccc1Cl. The molecule has 0 radical (unpaired) electrons. The minimum Gasteiger partial charge on any atom is -0.339 e. The second-order valence-corrected chi connectivity index (χ2v) is 6.70. The van der Waals surface area contributed by atoms with Crippen LogP contribution >= 0.6 is 34.2 Å². The highest BCUT2D eigenvalue weighted by Crippen LogP contribution is 2.21. The Morgan fingerprint density at radius 1 is 1.17 bits per heavy atom. The van der Waals surface area contributed by atoms with Crippen LogP contribution in [0, 0.1) is 3.57 Å². The number of para-hydroxylation sites is 1. The molecule has 3 rings (SSSR count). The third kappa shape index (κ3) is 4.33. The summed E-state index contributed by atoms with van der Waals surface area (Å²) in [5.74, 6) is 0.794. The number of nitrogens with zero attached hydrogens (tertiary/aromatic N) is 2. The fraction of sp³-hybridized carbons (Fsp3) is 0.118. The van der Waals surface area contributed by atoms with E-state index in [1.165, 1.54) is 0 Å². The van der Waals surface area contributed by atoms with Gasteiger partial charge in [0.15, 0.2) is 0 Å². The van der Waals surface area contributed by atoms with Gasteiger partial charge in [0.1, 0.15) is 0 Å². The zero-order chi connectivity index (χ0) is 16.9. The van der Waals surface area contributed by atoms with E-state index < -0.39 is 0 Å². The Balaban J connectivity index is 1.58. The first kappa shape index (κ1) is 16.9. The largest absolute Gasteiger partial charge is 0.339 e. The van der Waals surface area contributed by atoms with E-state index in [1.807, 2.05) is 36.4 Å². The van der Waals surface area contributed by atoms with E-state index in [1.54, 1.807) is 12.1 Å². The topological polar surface area (TPSA) is 68.0 Å². The van der Waals surface area contributed by atoms with Crippen molar-refractivity contribution in [3.63, 3.8) is 0 Å². The molecule has 0 fully saturated rings. The summed E-state index contributed by atoms with van der Waals surface area (Å²) in [6.45, 7) is 0. The van der Waals surface area contributed by atoms with Crippen LogP contribution in [0.2, 0.25) is 5.02 Å². The lowest BCUT2D eigenvalue weighted by Crippen LogP contribution is -2.12. The third-order valence-electron chi connectivity index (χ3n) is 3.28. The van der Waals surface area contributed by atoms with Crippen molar-refractivity contribution in [1.82, 2.24) is 10.1 Å². The number of nitrogens with one attached hydrogen (secondary N) is 1. The normalized spacial score (nSPS) is 10.6. The van der Waals surface area contributed by atoms with Gasteiger partial charge in [0.05, 0.1) is 10.7 Å². The second-order valence-electron chi connectivity index (χ2n) is 5.05. The summed E-state index contributed by atoms with van der Waals surface area (Å²) in [5.41, 5.74) is 1.47. The molecule has 0 spiro atoms. The lowest BCUT2D eigenvalue weighted by atomic mass is 10.2. The van der Waals surface area contributed by atoms with Crippen molar-refractivity contribution in [3.8, 4) is 11.4 Å². The van der Waals surface area contributed by atoms with Crippen LogP contribution in [0.1, 0.15) is 12.3 Å². The molecule has 2 aromatic carbocycles. The fourth-order valence-corrected chi connectivity index (χ4v) is 2.61. The summed E-state index contributed by atoms with van der Waals surface area (Å²) < 4.78 is 6.34. The van der Waals surface area contributed by atoms with Crippen LogP contribution in [0.25, 0.3) is 11.4 Å². The lowest BCUT2D eigenvalue weighted by Gasteiger charge is -2.05. The quantitative estimate of drug-likeness (QED) is 0.575. The van der Waals surface area contributed by atoms with Gasteiger partial charge in [-0.05, 0) is 46.9 Å². The van der Waals surface area contributed by atoms with Gasteiger partial charge in [0, 0.05) is 22.0 Å². The summed E-state index contributed by atoms with van der Waals surface area (Å²) in [6, 6.07) is 14.9. The lowest BCUT2D eigenvalue weighted by molar-refractivity contribution is -0.116. The Labute approximate surface area is 157 Å². The Kier molecular flexibility index (Phi) is 5.47. The maximum Gasteiger partial charge on any atom is 0.227 e. The number of amides is 1. The Bertz CT molecular complexity index is 849. The molecule has 0 saturated heterocycles. The maximum absolute atomic E-state index is 12.0.